The average Bonchev–Trinajstić information content (AvgIpc) is 3.38. The molecule has 12 nitrogen and oxygen atoms in total. The van der Waals surface area contributed by atoms with Crippen LogP contribution in [0.5, 0.6) is 0 Å². The number of hydroxylamine groups is 3. The number of nitrogens with one attached hydrogen (secondary N) is 1. The van der Waals surface area contributed by atoms with Crippen molar-refractivity contribution in [1.29, 1.82) is 5.26 Å². The lowest BCUT2D eigenvalue weighted by atomic mass is 10.1. The van der Waals surface area contributed by atoms with Gasteiger partial charge in [0.1, 0.15) is 37.0 Å². The monoisotopic (exact) mass is 591 g/mol. The molecule has 3 heterocycles. The Kier molecular flexibility index (Phi) is 7.80. The molecule has 5 rings (SSSR count). The van der Waals surface area contributed by atoms with E-state index in [1.54, 1.807) is 21.7 Å². The molecule has 214 valence electrons. The number of halogens is 1. The Morgan fingerprint density at radius 2 is 2.08 bits per heavy atom. The first-order chi connectivity index (χ1) is 19.1. The molecular weight excluding hydrogens is 560 g/mol. The van der Waals surface area contributed by atoms with E-state index < -0.39 is 32.6 Å². The fourth-order valence-electron chi connectivity index (χ4n) is 5.44. The van der Waals surface area contributed by atoms with Crippen molar-refractivity contribution in [1.82, 2.24) is 15.1 Å². The highest BCUT2D eigenvalue weighted by atomic mass is 35.5. The topological polar surface area (TPSA) is 144 Å². The highest BCUT2D eigenvalue weighted by molar-refractivity contribution is 7.92. The molecule has 0 radical (unpaired) electrons. The van der Waals surface area contributed by atoms with Crippen molar-refractivity contribution in [3.63, 3.8) is 0 Å². The van der Waals surface area contributed by atoms with Crippen molar-refractivity contribution in [2.45, 2.75) is 54.5 Å². The van der Waals surface area contributed by atoms with Crippen molar-refractivity contribution in [3.05, 3.63) is 41.0 Å². The third kappa shape index (κ3) is 5.54. The maximum absolute atomic E-state index is 13.7. The number of amides is 1. The fourth-order valence-corrected chi connectivity index (χ4v) is 7.66. The molecule has 3 aliphatic rings. The van der Waals surface area contributed by atoms with Crippen molar-refractivity contribution in [2.75, 3.05) is 44.3 Å². The molecule has 2 saturated heterocycles. The lowest BCUT2D eigenvalue weighted by molar-refractivity contribution is -1.09. The Balaban J connectivity index is 1.46. The number of carbonyl (C=O) groups is 2. The zero-order valence-electron chi connectivity index (χ0n) is 22.2. The summed E-state index contributed by atoms with van der Waals surface area (Å²) in [6.45, 7) is 4.97. The first-order valence-corrected chi connectivity index (χ1v) is 15.1. The third-order valence-electron chi connectivity index (χ3n) is 7.92. The standard InChI is InChI=1S/C26H31ClN6O6S/c1-19-14-24(32(30-19)8-9-33(39-18-34)10-12-38-13-11-33)31-16-20(40(36,37)23-5-3-2-4-21(23)27)15-22(31)25(35)29-26(17-28)6-7-26/h2-5,14,18,20,22H,6-13,15-16H2,1H3/p+1/t20-,22+/m1/s1. The summed E-state index contributed by atoms with van der Waals surface area (Å²) in [5.74, 6) is 0.177. The van der Waals surface area contributed by atoms with Crippen LogP contribution in [0.15, 0.2) is 35.2 Å². The smallest absolute Gasteiger partial charge is 0.355 e. The van der Waals surface area contributed by atoms with Crippen molar-refractivity contribution in [3.8, 4) is 6.07 Å². The Labute approximate surface area is 237 Å². The van der Waals surface area contributed by atoms with Crippen LogP contribution in [0.3, 0.4) is 0 Å². The summed E-state index contributed by atoms with van der Waals surface area (Å²) >= 11 is 6.27. The van der Waals surface area contributed by atoms with E-state index in [1.165, 1.54) is 12.1 Å². The first kappa shape index (κ1) is 28.4. The predicted molar refractivity (Wildman–Crippen MR) is 144 cm³/mol. The molecule has 2 aromatic rings. The maximum Gasteiger partial charge on any atom is 0.355 e. The number of hydrogen-bond donors (Lipinski definition) is 1. The number of quaternary nitrogens is 1. The number of aromatic nitrogens is 2. The van der Waals surface area contributed by atoms with Crippen LogP contribution in [-0.4, -0.2) is 91.4 Å². The van der Waals surface area contributed by atoms with Gasteiger partial charge in [0.25, 0.3) is 0 Å². The molecule has 3 fully saturated rings. The number of rotatable bonds is 10. The molecule has 1 aromatic carbocycles. The largest absolute Gasteiger partial charge is 0.369 e. The number of aryl methyl sites for hydroxylation is 1. The average molecular weight is 592 g/mol. The van der Waals surface area contributed by atoms with Gasteiger partial charge in [-0.3, -0.25) is 9.63 Å². The van der Waals surface area contributed by atoms with E-state index >= 15 is 0 Å². The van der Waals surface area contributed by atoms with Gasteiger partial charge in [0, 0.05) is 12.6 Å². The van der Waals surface area contributed by atoms with Gasteiger partial charge in [-0.2, -0.15) is 10.4 Å². The summed E-state index contributed by atoms with van der Waals surface area (Å²) < 4.78 is 34.7. The second-order valence-corrected chi connectivity index (χ2v) is 13.2. The SMILES string of the molecule is Cc1cc(N2C[C@H](S(=O)(=O)c3ccccc3Cl)C[C@H]2C(=O)NC2(C#N)CC2)n(CC[N+]2(OC=O)CCOCC2)n1. The normalized spacial score (nSPS) is 23.3. The Bertz CT molecular complexity index is 1430. The van der Waals surface area contributed by atoms with E-state index in [1.807, 2.05) is 13.0 Å². The van der Waals surface area contributed by atoms with Crippen LogP contribution in [0.25, 0.3) is 0 Å². The minimum Gasteiger partial charge on any atom is -0.369 e. The molecule has 40 heavy (non-hydrogen) atoms. The van der Waals surface area contributed by atoms with Crippen molar-refractivity contribution in [2.24, 2.45) is 0 Å². The van der Waals surface area contributed by atoms with Crippen molar-refractivity contribution >= 4 is 39.6 Å². The number of ether oxygens (including phenoxy) is 1. The number of anilines is 1. The van der Waals surface area contributed by atoms with Crippen LogP contribution in [0.1, 0.15) is 25.0 Å². The molecule has 1 amide bonds. The van der Waals surface area contributed by atoms with Gasteiger partial charge < -0.3 is 15.0 Å². The number of benzene rings is 1. The zero-order valence-corrected chi connectivity index (χ0v) is 23.7. The Morgan fingerprint density at radius 3 is 2.73 bits per heavy atom. The fraction of sp³-hybridized carbons (Fsp3) is 0.538. The number of nitriles is 1. The van der Waals surface area contributed by atoms with Gasteiger partial charge in [-0.1, -0.05) is 23.7 Å². The predicted octanol–water partition coefficient (Wildman–Crippen LogP) is 1.37. The summed E-state index contributed by atoms with van der Waals surface area (Å²) in [4.78, 5) is 32.0. The molecule has 1 aromatic heterocycles. The van der Waals surface area contributed by atoms with Gasteiger partial charge in [-0.05, 0) is 38.3 Å². The van der Waals surface area contributed by atoms with E-state index in [2.05, 4.69) is 16.5 Å². The molecule has 1 saturated carbocycles. The third-order valence-corrected chi connectivity index (χ3v) is 10.6. The van der Waals surface area contributed by atoms with Gasteiger partial charge in [-0.25, -0.2) is 17.9 Å². The summed E-state index contributed by atoms with van der Waals surface area (Å²) in [6, 6.07) is 9.40. The van der Waals surface area contributed by atoms with Crippen LogP contribution >= 0.6 is 11.6 Å². The number of nitrogens with zero attached hydrogens (tertiary/aromatic N) is 5. The summed E-state index contributed by atoms with van der Waals surface area (Å²) in [7, 11) is -3.89. The molecule has 1 N–H and O–H groups in total. The first-order valence-electron chi connectivity index (χ1n) is 13.2. The molecule has 2 atom stereocenters. The maximum atomic E-state index is 13.7. The number of carbonyl (C=O) groups excluding carboxylic acids is 2. The van der Waals surface area contributed by atoms with Gasteiger partial charge in [0.15, 0.2) is 9.84 Å². The number of sulfone groups is 1. The molecule has 0 bridgehead atoms. The highest BCUT2D eigenvalue weighted by Gasteiger charge is 2.50. The quantitative estimate of drug-likeness (QED) is 0.320. The van der Waals surface area contributed by atoms with E-state index in [-0.39, 0.29) is 27.5 Å². The van der Waals surface area contributed by atoms with Crippen LogP contribution in [-0.2, 0) is 35.5 Å². The van der Waals surface area contributed by atoms with E-state index in [9.17, 15) is 23.3 Å². The van der Waals surface area contributed by atoms with Crippen LogP contribution in [0.2, 0.25) is 5.02 Å². The van der Waals surface area contributed by atoms with Crippen molar-refractivity contribution < 1.29 is 32.2 Å². The second kappa shape index (κ2) is 11.0. The highest BCUT2D eigenvalue weighted by Crippen LogP contribution is 2.38. The summed E-state index contributed by atoms with van der Waals surface area (Å²) in [5, 5.41) is 16.2. The van der Waals surface area contributed by atoms with Crippen LogP contribution in [0, 0.1) is 18.3 Å². The van der Waals surface area contributed by atoms with Crippen LogP contribution in [0.4, 0.5) is 5.82 Å². The molecule has 0 unspecified atom stereocenters. The zero-order chi connectivity index (χ0) is 28.5. The lowest BCUT2D eigenvalue weighted by Crippen LogP contribution is -2.56. The van der Waals surface area contributed by atoms with E-state index in [0.29, 0.717) is 70.2 Å². The number of hydrogen-bond acceptors (Lipinski definition) is 9. The molecular formula is C26H32ClN6O6S+. The minimum atomic E-state index is -3.89. The second-order valence-electron chi connectivity index (χ2n) is 10.6. The van der Waals surface area contributed by atoms with E-state index in [0.717, 1.165) is 0 Å². The summed E-state index contributed by atoms with van der Waals surface area (Å²) in [5.41, 5.74) is -0.218. The van der Waals surface area contributed by atoms with E-state index in [4.69, 9.17) is 21.2 Å². The number of morpholine rings is 1. The molecule has 14 heteroatoms. The van der Waals surface area contributed by atoms with Gasteiger partial charge >= 0.3 is 6.47 Å². The van der Waals surface area contributed by atoms with Gasteiger partial charge in [0.05, 0.1) is 46.7 Å². The van der Waals surface area contributed by atoms with Gasteiger partial charge in [-0.15, -0.1) is 4.65 Å². The summed E-state index contributed by atoms with van der Waals surface area (Å²) in [6.07, 6.45) is 1.14. The van der Waals surface area contributed by atoms with Gasteiger partial charge in [0.2, 0.25) is 5.91 Å². The molecule has 0 spiro atoms. The van der Waals surface area contributed by atoms with Crippen LogP contribution < -0.4 is 10.2 Å². The molecule has 2 aliphatic heterocycles. The lowest BCUT2D eigenvalue weighted by Gasteiger charge is -2.36. The Hall–Kier alpha value is -3.18. The Morgan fingerprint density at radius 1 is 1.35 bits per heavy atom. The minimum absolute atomic E-state index is 0.0211. The molecule has 1 aliphatic carbocycles.